The molecular formula is C49H31NS2. The fraction of sp³-hybridized carbons (Fsp3) is 0.0204. The first-order chi connectivity index (χ1) is 25.8. The Morgan fingerprint density at radius 1 is 0.385 bits per heavy atom. The van der Waals surface area contributed by atoms with Crippen molar-refractivity contribution in [1.82, 2.24) is 0 Å². The topological polar surface area (TPSA) is 3.24 Å². The van der Waals surface area contributed by atoms with Gasteiger partial charge in [-0.25, -0.2) is 0 Å². The average molecular weight is 698 g/mol. The molecule has 1 aliphatic carbocycles. The van der Waals surface area contributed by atoms with Crippen LogP contribution in [-0.2, 0) is 5.41 Å². The van der Waals surface area contributed by atoms with Crippen LogP contribution in [0.3, 0.4) is 0 Å². The second kappa shape index (κ2) is 11.5. The Morgan fingerprint density at radius 2 is 0.981 bits per heavy atom. The summed E-state index contributed by atoms with van der Waals surface area (Å²) in [5.41, 5.74) is 11.0. The van der Waals surface area contributed by atoms with Crippen molar-refractivity contribution in [3.05, 3.63) is 210 Å². The van der Waals surface area contributed by atoms with Crippen LogP contribution in [0.1, 0.15) is 22.3 Å². The first-order valence-corrected chi connectivity index (χ1v) is 19.4. The summed E-state index contributed by atoms with van der Waals surface area (Å²) in [5, 5.41) is 5.18. The molecule has 11 rings (SSSR count). The molecule has 10 aromatic rings. The summed E-state index contributed by atoms with van der Waals surface area (Å²) in [6.45, 7) is 0. The van der Waals surface area contributed by atoms with Crippen molar-refractivity contribution in [2.45, 2.75) is 5.41 Å². The Bertz CT molecular complexity index is 2930. The fourth-order valence-corrected chi connectivity index (χ4v) is 11.2. The zero-order valence-corrected chi connectivity index (χ0v) is 29.8. The summed E-state index contributed by atoms with van der Waals surface area (Å²) < 4.78 is 5.24. The molecule has 0 fully saturated rings. The minimum atomic E-state index is -0.441. The molecule has 0 amide bonds. The summed E-state index contributed by atoms with van der Waals surface area (Å²) >= 11 is 3.78. The van der Waals surface area contributed by atoms with Gasteiger partial charge in [0.1, 0.15) is 0 Å². The molecule has 0 saturated heterocycles. The fourth-order valence-electron chi connectivity index (χ4n) is 8.85. The van der Waals surface area contributed by atoms with E-state index in [1.165, 1.54) is 79.4 Å². The number of thiophene rings is 2. The predicted molar refractivity (Wildman–Crippen MR) is 224 cm³/mol. The molecular weight excluding hydrogens is 667 g/mol. The van der Waals surface area contributed by atoms with E-state index in [-0.39, 0.29) is 0 Å². The van der Waals surface area contributed by atoms with Gasteiger partial charge in [0.05, 0.1) is 11.1 Å². The lowest BCUT2D eigenvalue weighted by molar-refractivity contribution is 0.778. The Hall–Kier alpha value is -6.00. The molecule has 0 atom stereocenters. The maximum absolute atomic E-state index is 2.45. The first-order valence-electron chi connectivity index (χ1n) is 17.8. The van der Waals surface area contributed by atoms with Crippen molar-refractivity contribution >= 4 is 80.1 Å². The highest BCUT2D eigenvalue weighted by Gasteiger charge is 2.47. The minimum absolute atomic E-state index is 0.441. The molecule has 3 heteroatoms. The number of hydrogen-bond donors (Lipinski definition) is 0. The van der Waals surface area contributed by atoms with E-state index in [2.05, 4.69) is 193 Å². The van der Waals surface area contributed by atoms with Crippen LogP contribution in [0.15, 0.2) is 188 Å². The van der Waals surface area contributed by atoms with Crippen molar-refractivity contribution in [2.75, 3.05) is 4.90 Å². The van der Waals surface area contributed by atoms with Crippen LogP contribution in [0.5, 0.6) is 0 Å². The number of nitrogens with zero attached hydrogens (tertiary/aromatic N) is 1. The van der Waals surface area contributed by atoms with Crippen molar-refractivity contribution < 1.29 is 0 Å². The zero-order chi connectivity index (χ0) is 34.2. The van der Waals surface area contributed by atoms with Crippen molar-refractivity contribution in [3.63, 3.8) is 0 Å². The van der Waals surface area contributed by atoms with E-state index in [4.69, 9.17) is 0 Å². The summed E-state index contributed by atoms with van der Waals surface area (Å²) in [7, 11) is 0. The number of hydrogen-bond acceptors (Lipinski definition) is 3. The summed E-state index contributed by atoms with van der Waals surface area (Å²) in [4.78, 5) is 2.45. The number of anilines is 3. The summed E-state index contributed by atoms with van der Waals surface area (Å²) in [5.74, 6) is 0. The molecule has 0 saturated carbocycles. The Morgan fingerprint density at radius 3 is 1.77 bits per heavy atom. The third kappa shape index (κ3) is 4.15. The third-order valence-electron chi connectivity index (χ3n) is 10.9. The highest BCUT2D eigenvalue weighted by Crippen LogP contribution is 2.58. The lowest BCUT2D eigenvalue weighted by Gasteiger charge is -2.34. The smallest absolute Gasteiger partial charge is 0.0727 e. The molecule has 1 nitrogen and oxygen atoms in total. The standard InChI is InChI=1S/C49H31NS2/c1-3-15-32(16-4-1)49(40-23-10-7-19-35(40)36-20-8-11-24-41(36)49)42-25-13-22-37-39-31-34(29-30-45(39)52-48(37)42)50(33-17-5-2-6-18-33)43-26-14-28-46-47(43)38-21-9-12-27-44(38)51-46/h1-31H. The largest absolute Gasteiger partial charge is 0.310 e. The maximum atomic E-state index is 2.45. The molecule has 0 bridgehead atoms. The highest BCUT2D eigenvalue weighted by atomic mass is 32.1. The lowest BCUT2D eigenvalue weighted by Crippen LogP contribution is -2.28. The Kier molecular flexibility index (Phi) is 6.57. The van der Waals surface area contributed by atoms with E-state index < -0.39 is 5.41 Å². The second-order valence-electron chi connectivity index (χ2n) is 13.6. The Labute approximate surface area is 310 Å². The monoisotopic (exact) mass is 697 g/mol. The quantitative estimate of drug-likeness (QED) is 0.173. The van der Waals surface area contributed by atoms with Crippen LogP contribution in [0.25, 0.3) is 51.5 Å². The van der Waals surface area contributed by atoms with Crippen LogP contribution in [0.2, 0.25) is 0 Å². The van der Waals surface area contributed by atoms with Gasteiger partial charge in [-0.1, -0.05) is 140 Å². The molecule has 0 spiro atoms. The number of rotatable bonds is 5. The van der Waals surface area contributed by atoms with E-state index in [9.17, 15) is 0 Å². The van der Waals surface area contributed by atoms with Crippen molar-refractivity contribution in [1.29, 1.82) is 0 Å². The molecule has 1 aliphatic rings. The van der Waals surface area contributed by atoms with Crippen LogP contribution in [-0.4, -0.2) is 0 Å². The predicted octanol–water partition coefficient (Wildman–Crippen LogP) is 14.3. The van der Waals surface area contributed by atoms with Crippen molar-refractivity contribution in [2.24, 2.45) is 0 Å². The van der Waals surface area contributed by atoms with Gasteiger partial charge in [-0.2, -0.15) is 0 Å². The molecule has 0 radical (unpaired) electrons. The summed E-state index contributed by atoms with van der Waals surface area (Å²) in [6, 6.07) is 69.6. The number of para-hydroxylation sites is 1. The van der Waals surface area contributed by atoms with E-state index in [0.717, 1.165) is 11.4 Å². The van der Waals surface area contributed by atoms with Gasteiger partial charge in [0.25, 0.3) is 0 Å². The second-order valence-corrected chi connectivity index (χ2v) is 15.7. The SMILES string of the molecule is c1ccc(N(c2ccc3sc4c(C5(c6ccccc6)c6ccccc6-c6ccccc65)cccc4c3c2)c2cccc3sc4ccccc4c23)cc1. The molecule has 8 aromatic carbocycles. The molecule has 2 heterocycles. The van der Waals surface area contributed by atoms with Gasteiger partial charge in [-0.15, -0.1) is 22.7 Å². The maximum Gasteiger partial charge on any atom is 0.0727 e. The van der Waals surface area contributed by atoms with Gasteiger partial charge in [-0.3, -0.25) is 0 Å². The van der Waals surface area contributed by atoms with Gasteiger partial charge in [-0.05, 0) is 81.9 Å². The average Bonchev–Trinajstić information content (AvgIpc) is 3.88. The highest BCUT2D eigenvalue weighted by molar-refractivity contribution is 7.26. The van der Waals surface area contributed by atoms with Crippen LogP contribution >= 0.6 is 22.7 Å². The number of fused-ring (bicyclic) bond motifs is 9. The molecule has 52 heavy (non-hydrogen) atoms. The van der Waals surface area contributed by atoms with Gasteiger partial charge in [0.15, 0.2) is 0 Å². The normalized spacial score (nSPS) is 13.2. The lowest BCUT2D eigenvalue weighted by atomic mass is 9.67. The molecule has 2 aromatic heterocycles. The molecule has 0 N–H and O–H groups in total. The van der Waals surface area contributed by atoms with Crippen LogP contribution < -0.4 is 4.90 Å². The minimum Gasteiger partial charge on any atom is -0.310 e. The Balaban J connectivity index is 1.18. The molecule has 244 valence electrons. The van der Waals surface area contributed by atoms with Gasteiger partial charge in [0, 0.05) is 51.7 Å². The summed E-state index contributed by atoms with van der Waals surface area (Å²) in [6.07, 6.45) is 0. The van der Waals surface area contributed by atoms with E-state index in [1.807, 2.05) is 22.7 Å². The molecule has 0 unspecified atom stereocenters. The molecule has 0 aliphatic heterocycles. The van der Waals surface area contributed by atoms with E-state index in [1.54, 1.807) is 0 Å². The van der Waals surface area contributed by atoms with Gasteiger partial charge < -0.3 is 4.90 Å². The van der Waals surface area contributed by atoms with E-state index >= 15 is 0 Å². The first kappa shape index (κ1) is 29.7. The van der Waals surface area contributed by atoms with Gasteiger partial charge >= 0.3 is 0 Å². The van der Waals surface area contributed by atoms with Crippen LogP contribution in [0.4, 0.5) is 17.1 Å². The van der Waals surface area contributed by atoms with Gasteiger partial charge in [0.2, 0.25) is 0 Å². The third-order valence-corrected chi connectivity index (χ3v) is 13.3. The zero-order valence-electron chi connectivity index (χ0n) is 28.2. The van der Waals surface area contributed by atoms with E-state index in [0.29, 0.717) is 0 Å². The number of benzene rings is 8. The van der Waals surface area contributed by atoms with Crippen LogP contribution in [0, 0.1) is 0 Å². The van der Waals surface area contributed by atoms with Crippen molar-refractivity contribution in [3.8, 4) is 11.1 Å².